The molecule has 0 aliphatic heterocycles. The van der Waals surface area contributed by atoms with Gasteiger partial charge >= 0.3 is 0 Å². The predicted molar refractivity (Wildman–Crippen MR) is 57.8 cm³/mol. The fourth-order valence-corrected chi connectivity index (χ4v) is 1.32. The van der Waals surface area contributed by atoms with Gasteiger partial charge in [-0.2, -0.15) is 5.10 Å². The van der Waals surface area contributed by atoms with Gasteiger partial charge in [-0.3, -0.25) is 9.48 Å². The molecule has 0 saturated carbocycles. The minimum atomic E-state index is 0.0619. The number of rotatable bonds is 6. The van der Waals surface area contributed by atoms with Crippen molar-refractivity contribution >= 4 is 5.78 Å². The Kier molecular flexibility index (Phi) is 4.49. The lowest BCUT2D eigenvalue weighted by Crippen LogP contribution is -2.11. The summed E-state index contributed by atoms with van der Waals surface area (Å²) < 4.78 is 6.67. The summed E-state index contributed by atoms with van der Waals surface area (Å²) in [7, 11) is 1.52. The summed E-state index contributed by atoms with van der Waals surface area (Å²) in [4.78, 5) is 11.3. The molecular weight excluding hydrogens is 192 g/mol. The first-order valence-electron chi connectivity index (χ1n) is 5.22. The lowest BCUT2D eigenvalue weighted by Gasteiger charge is -2.07. The summed E-state index contributed by atoms with van der Waals surface area (Å²) in [6.07, 6.45) is 3.31. The third-order valence-electron chi connectivity index (χ3n) is 2.39. The van der Waals surface area contributed by atoms with E-state index in [2.05, 4.69) is 18.9 Å². The smallest absolute Gasteiger partial charge is 0.164 e. The monoisotopic (exact) mass is 210 g/mol. The van der Waals surface area contributed by atoms with Crippen LogP contribution in [0.15, 0.2) is 12.3 Å². The molecule has 0 aromatic carbocycles. The van der Waals surface area contributed by atoms with Gasteiger partial charge in [-0.05, 0) is 19.4 Å². The molecule has 15 heavy (non-hydrogen) atoms. The van der Waals surface area contributed by atoms with Gasteiger partial charge < -0.3 is 4.74 Å². The highest BCUT2D eigenvalue weighted by Crippen LogP contribution is 2.09. The molecule has 0 aliphatic carbocycles. The lowest BCUT2D eigenvalue weighted by molar-refractivity contribution is -0.122. The van der Waals surface area contributed by atoms with E-state index >= 15 is 0 Å². The summed E-state index contributed by atoms with van der Waals surface area (Å²) in [5.41, 5.74) is 0.817. The lowest BCUT2D eigenvalue weighted by atomic mass is 10.2. The number of carbonyl (C=O) groups excluding carboxylic acids is 1. The summed E-state index contributed by atoms with van der Waals surface area (Å²) in [6.45, 7) is 4.38. The van der Waals surface area contributed by atoms with Crippen LogP contribution in [0.25, 0.3) is 0 Å². The van der Waals surface area contributed by atoms with Crippen LogP contribution in [0.4, 0.5) is 0 Å². The maximum Gasteiger partial charge on any atom is 0.164 e. The average Bonchev–Trinajstić information content (AvgIpc) is 2.65. The number of aromatic nitrogens is 2. The van der Waals surface area contributed by atoms with Gasteiger partial charge in [-0.15, -0.1) is 0 Å². The van der Waals surface area contributed by atoms with Crippen molar-refractivity contribution in [3.05, 3.63) is 18.0 Å². The zero-order valence-corrected chi connectivity index (χ0v) is 9.56. The Bertz CT molecular complexity index is 320. The fourth-order valence-electron chi connectivity index (χ4n) is 1.32. The van der Waals surface area contributed by atoms with E-state index in [1.165, 1.54) is 7.11 Å². The molecule has 1 heterocycles. The minimum Gasteiger partial charge on any atom is -0.377 e. The van der Waals surface area contributed by atoms with Crippen molar-refractivity contribution in [2.24, 2.45) is 0 Å². The SMILES string of the molecule is CCC(C)n1ccc(CC(=O)COC)n1. The summed E-state index contributed by atoms with van der Waals surface area (Å²) in [5, 5.41) is 4.34. The van der Waals surface area contributed by atoms with Crippen LogP contribution in [0.1, 0.15) is 32.0 Å². The highest BCUT2D eigenvalue weighted by atomic mass is 16.5. The number of ether oxygens (including phenoxy) is 1. The summed E-state index contributed by atoms with van der Waals surface area (Å²) >= 11 is 0. The van der Waals surface area contributed by atoms with Crippen molar-refractivity contribution in [3.8, 4) is 0 Å². The van der Waals surface area contributed by atoms with Crippen LogP contribution in [0, 0.1) is 0 Å². The van der Waals surface area contributed by atoms with Crippen LogP contribution >= 0.6 is 0 Å². The zero-order valence-electron chi connectivity index (χ0n) is 9.56. The molecule has 0 saturated heterocycles. The van der Waals surface area contributed by atoms with E-state index < -0.39 is 0 Å². The molecule has 4 nitrogen and oxygen atoms in total. The second kappa shape index (κ2) is 5.66. The molecule has 0 N–H and O–H groups in total. The van der Waals surface area contributed by atoms with Crippen LogP contribution in [0.3, 0.4) is 0 Å². The number of methoxy groups -OCH3 is 1. The van der Waals surface area contributed by atoms with E-state index in [4.69, 9.17) is 4.74 Å². The van der Waals surface area contributed by atoms with E-state index in [1.54, 1.807) is 0 Å². The number of Topliss-reactive ketones (excluding diaryl/α,β-unsaturated/α-hetero) is 1. The van der Waals surface area contributed by atoms with E-state index in [9.17, 15) is 4.79 Å². The molecule has 1 unspecified atom stereocenters. The standard InChI is InChI=1S/C11H18N2O2/c1-4-9(2)13-6-5-10(12-13)7-11(14)8-15-3/h5-6,9H,4,7-8H2,1-3H3. The van der Waals surface area contributed by atoms with Crippen molar-refractivity contribution in [2.75, 3.05) is 13.7 Å². The quantitative estimate of drug-likeness (QED) is 0.716. The second-order valence-corrected chi connectivity index (χ2v) is 3.69. The molecule has 0 spiro atoms. The largest absolute Gasteiger partial charge is 0.377 e. The Morgan fingerprint density at radius 2 is 2.40 bits per heavy atom. The van der Waals surface area contributed by atoms with Crippen molar-refractivity contribution in [3.63, 3.8) is 0 Å². The minimum absolute atomic E-state index is 0.0619. The highest BCUT2D eigenvalue weighted by Gasteiger charge is 2.08. The van der Waals surface area contributed by atoms with E-state index in [0.29, 0.717) is 12.5 Å². The van der Waals surface area contributed by atoms with Gasteiger partial charge in [0.25, 0.3) is 0 Å². The zero-order chi connectivity index (χ0) is 11.3. The van der Waals surface area contributed by atoms with Crippen LogP contribution in [-0.4, -0.2) is 29.3 Å². The predicted octanol–water partition coefficient (Wildman–Crippen LogP) is 1.61. The molecule has 0 amide bonds. The second-order valence-electron chi connectivity index (χ2n) is 3.69. The molecule has 0 bridgehead atoms. The van der Waals surface area contributed by atoms with Gasteiger partial charge in [-0.25, -0.2) is 0 Å². The Labute approximate surface area is 90.2 Å². The van der Waals surface area contributed by atoms with Gasteiger partial charge in [-0.1, -0.05) is 6.92 Å². The van der Waals surface area contributed by atoms with Gasteiger partial charge in [0.1, 0.15) is 6.61 Å². The first-order chi connectivity index (χ1) is 7.17. The molecule has 1 rings (SSSR count). The Morgan fingerprint density at radius 3 is 3.00 bits per heavy atom. The maximum absolute atomic E-state index is 11.3. The number of hydrogen-bond donors (Lipinski definition) is 0. The van der Waals surface area contributed by atoms with Crippen LogP contribution < -0.4 is 0 Å². The molecule has 0 fully saturated rings. The molecule has 0 aliphatic rings. The van der Waals surface area contributed by atoms with E-state index in [0.717, 1.165) is 12.1 Å². The number of nitrogens with zero attached hydrogens (tertiary/aromatic N) is 2. The number of carbonyl (C=O) groups is 1. The van der Waals surface area contributed by atoms with Gasteiger partial charge in [0, 0.05) is 19.3 Å². The molecule has 0 radical (unpaired) electrons. The van der Waals surface area contributed by atoms with Crippen molar-refractivity contribution in [2.45, 2.75) is 32.7 Å². The van der Waals surface area contributed by atoms with E-state index in [-0.39, 0.29) is 12.4 Å². The average molecular weight is 210 g/mol. The normalized spacial score (nSPS) is 12.7. The maximum atomic E-state index is 11.3. The summed E-state index contributed by atoms with van der Waals surface area (Å²) in [6, 6.07) is 2.27. The Hall–Kier alpha value is -1.16. The molecule has 1 aromatic heterocycles. The van der Waals surface area contributed by atoms with Crippen molar-refractivity contribution in [1.82, 2.24) is 9.78 Å². The molecule has 4 heteroatoms. The molecule has 1 aromatic rings. The van der Waals surface area contributed by atoms with Crippen molar-refractivity contribution < 1.29 is 9.53 Å². The topological polar surface area (TPSA) is 44.1 Å². The summed E-state index contributed by atoms with van der Waals surface area (Å²) in [5.74, 6) is 0.0619. The van der Waals surface area contributed by atoms with Crippen LogP contribution in [0.5, 0.6) is 0 Å². The first-order valence-corrected chi connectivity index (χ1v) is 5.22. The van der Waals surface area contributed by atoms with Crippen molar-refractivity contribution in [1.29, 1.82) is 0 Å². The number of hydrogen-bond acceptors (Lipinski definition) is 3. The van der Waals surface area contributed by atoms with Gasteiger partial charge in [0.05, 0.1) is 12.1 Å². The highest BCUT2D eigenvalue weighted by molar-refractivity contribution is 5.81. The van der Waals surface area contributed by atoms with E-state index in [1.807, 2.05) is 16.9 Å². The third kappa shape index (κ3) is 3.47. The van der Waals surface area contributed by atoms with Crippen LogP contribution in [0.2, 0.25) is 0 Å². The van der Waals surface area contributed by atoms with Gasteiger partial charge in [0.15, 0.2) is 5.78 Å². The van der Waals surface area contributed by atoms with Gasteiger partial charge in [0.2, 0.25) is 0 Å². The molecule has 84 valence electrons. The number of ketones is 1. The first kappa shape index (κ1) is 11.9. The van der Waals surface area contributed by atoms with Crippen LogP contribution in [-0.2, 0) is 16.0 Å². The molecule has 1 atom stereocenters. The third-order valence-corrected chi connectivity index (χ3v) is 2.39. The Balaban J connectivity index is 2.56. The molecular formula is C11H18N2O2. The fraction of sp³-hybridized carbons (Fsp3) is 0.636. The Morgan fingerprint density at radius 1 is 1.67 bits per heavy atom.